The Hall–Kier alpha value is -1.18. The average Bonchev–Trinajstić information content (AvgIpc) is 3.75. The van der Waals surface area contributed by atoms with Crippen molar-refractivity contribution < 1.29 is 9.53 Å². The molecule has 2 aromatic heterocycles. The molecule has 8 heteroatoms. The molecule has 2 aliphatic carbocycles. The van der Waals surface area contributed by atoms with Crippen LogP contribution in [-0.2, 0) is 9.53 Å². The summed E-state index contributed by atoms with van der Waals surface area (Å²) in [6, 6.07) is 2.32. The SMILES string of the molecule is C[Se]=Cc1c(C2CC2)nc2c(N3CCC4(CC3)CO[C@@H](C)C4=O)cc(SNC3(C)CC3)cn12. The fourth-order valence-electron chi connectivity index (χ4n) is 5.21. The Balaban J connectivity index is 1.37. The minimum absolute atomic E-state index is 0.250. The number of hydrogen-bond donors (Lipinski definition) is 1. The third kappa shape index (κ3) is 4.02. The monoisotopic (exact) mass is 533 g/mol. The fourth-order valence-corrected chi connectivity index (χ4v) is 7.07. The van der Waals surface area contributed by atoms with Gasteiger partial charge in [0.2, 0.25) is 0 Å². The van der Waals surface area contributed by atoms with Crippen LogP contribution >= 0.6 is 11.9 Å². The van der Waals surface area contributed by atoms with E-state index in [1.807, 2.05) is 6.92 Å². The summed E-state index contributed by atoms with van der Waals surface area (Å²) in [5.41, 5.74) is 4.87. The van der Waals surface area contributed by atoms with Crippen molar-refractivity contribution in [1.29, 1.82) is 0 Å². The van der Waals surface area contributed by atoms with Gasteiger partial charge in [-0.2, -0.15) is 0 Å². The van der Waals surface area contributed by atoms with Crippen LogP contribution in [0, 0.1) is 5.41 Å². The van der Waals surface area contributed by atoms with Gasteiger partial charge in [-0.1, -0.05) is 0 Å². The number of pyridine rings is 1. The number of nitrogens with one attached hydrogen (secondary N) is 1. The minimum atomic E-state index is -0.279. The zero-order chi connectivity index (χ0) is 22.8. The van der Waals surface area contributed by atoms with E-state index in [-0.39, 0.29) is 17.1 Å². The summed E-state index contributed by atoms with van der Waals surface area (Å²) in [6.45, 7) is 6.53. The molecule has 0 unspecified atom stereocenters. The summed E-state index contributed by atoms with van der Waals surface area (Å²) >= 11 is 2.20. The van der Waals surface area contributed by atoms with Crippen LogP contribution in [0.5, 0.6) is 0 Å². The third-order valence-electron chi connectivity index (χ3n) is 7.91. The van der Waals surface area contributed by atoms with Gasteiger partial charge in [-0.05, 0) is 0 Å². The van der Waals surface area contributed by atoms with Crippen LogP contribution in [0.15, 0.2) is 17.2 Å². The van der Waals surface area contributed by atoms with Gasteiger partial charge in [-0.15, -0.1) is 0 Å². The zero-order valence-electron chi connectivity index (χ0n) is 19.7. The number of fused-ring (bicyclic) bond motifs is 1. The second kappa shape index (κ2) is 8.20. The van der Waals surface area contributed by atoms with E-state index in [0.717, 1.165) is 31.6 Å². The molecule has 1 spiro atoms. The van der Waals surface area contributed by atoms with Gasteiger partial charge in [-0.25, -0.2) is 0 Å². The van der Waals surface area contributed by atoms with Gasteiger partial charge < -0.3 is 0 Å². The number of nitrogens with zero attached hydrogens (tertiary/aromatic N) is 3. The molecular formula is C25H33N4O2SSe. The summed E-state index contributed by atoms with van der Waals surface area (Å²) in [5, 5.41) is 0. The van der Waals surface area contributed by atoms with Crippen LogP contribution in [-0.4, -0.2) is 65.9 Å². The Morgan fingerprint density at radius 2 is 2.03 bits per heavy atom. The summed E-state index contributed by atoms with van der Waals surface area (Å²) in [6.07, 6.45) is 8.75. The van der Waals surface area contributed by atoms with Crippen LogP contribution < -0.4 is 9.62 Å². The quantitative estimate of drug-likeness (QED) is 0.451. The van der Waals surface area contributed by atoms with Crippen molar-refractivity contribution in [1.82, 2.24) is 14.1 Å². The number of ether oxygens (including phenoxy) is 1. The summed E-state index contributed by atoms with van der Waals surface area (Å²) in [5.74, 6) is 3.19. The van der Waals surface area contributed by atoms with Crippen LogP contribution in [0.4, 0.5) is 5.69 Å². The molecule has 1 atom stereocenters. The number of imidazole rings is 1. The molecule has 4 fully saturated rings. The first-order valence-corrected chi connectivity index (χ1v) is 15.7. The Bertz CT molecular complexity index is 1130. The standard InChI is InChI=1S/C25H33N4O2SSe/c1-16-22(30)25(15-31-16)8-10-28(11-9-25)19-12-18(32-27-24(2)6-7-24)13-29-20(14-33-3)21(17-4-5-17)26-23(19)29/h12-14,16-17,27H,4-11,15H2,1-3H3/t16-/m0/s1. The molecule has 1 N–H and O–H groups in total. The molecule has 4 heterocycles. The Morgan fingerprint density at radius 1 is 1.27 bits per heavy atom. The van der Waals surface area contributed by atoms with Crippen molar-refractivity contribution in [3.05, 3.63) is 23.7 Å². The maximum atomic E-state index is 12.8. The molecule has 33 heavy (non-hydrogen) atoms. The number of aromatic nitrogens is 2. The molecule has 2 aliphatic heterocycles. The predicted molar refractivity (Wildman–Crippen MR) is 135 cm³/mol. The Labute approximate surface area is 206 Å². The van der Waals surface area contributed by atoms with E-state index in [0.29, 0.717) is 32.8 Å². The summed E-state index contributed by atoms with van der Waals surface area (Å²) < 4.78 is 11.8. The van der Waals surface area contributed by atoms with Crippen molar-refractivity contribution in [2.24, 2.45) is 5.41 Å². The van der Waals surface area contributed by atoms with Crippen LogP contribution in [0.3, 0.4) is 0 Å². The van der Waals surface area contributed by atoms with Crippen molar-refractivity contribution in [2.45, 2.75) is 80.7 Å². The van der Waals surface area contributed by atoms with Gasteiger partial charge in [0.1, 0.15) is 0 Å². The number of Topliss-reactive ketones (excluding diaryl/α,β-unsaturated/α-hetero) is 1. The molecule has 2 saturated carbocycles. The summed E-state index contributed by atoms with van der Waals surface area (Å²) in [4.78, 5) is 24.1. The fraction of sp³-hybridized carbons (Fsp3) is 0.640. The van der Waals surface area contributed by atoms with Gasteiger partial charge in [0.15, 0.2) is 0 Å². The average molecular weight is 533 g/mol. The molecule has 177 valence electrons. The number of ketones is 1. The number of piperidine rings is 1. The number of carbonyl (C=O) groups excluding carboxylic acids is 1. The Morgan fingerprint density at radius 3 is 2.64 bits per heavy atom. The molecule has 0 amide bonds. The van der Waals surface area contributed by atoms with Gasteiger partial charge in [0, 0.05) is 0 Å². The predicted octanol–water partition coefficient (Wildman–Crippen LogP) is 3.84. The van der Waals surface area contributed by atoms with E-state index < -0.39 is 0 Å². The zero-order valence-corrected chi connectivity index (χ0v) is 22.3. The summed E-state index contributed by atoms with van der Waals surface area (Å²) in [7, 11) is 0. The first-order valence-electron chi connectivity index (χ1n) is 12.2. The van der Waals surface area contributed by atoms with Gasteiger partial charge >= 0.3 is 206 Å². The van der Waals surface area contributed by atoms with Crippen molar-refractivity contribution >= 4 is 48.5 Å². The maximum absolute atomic E-state index is 12.8. The molecule has 6 nitrogen and oxygen atoms in total. The second-order valence-electron chi connectivity index (χ2n) is 10.6. The third-order valence-corrected chi connectivity index (χ3v) is 9.93. The molecule has 4 aliphatic rings. The number of anilines is 1. The molecule has 1 radical (unpaired) electrons. The number of rotatable bonds is 6. The second-order valence-corrected chi connectivity index (χ2v) is 13.0. The van der Waals surface area contributed by atoms with E-state index in [1.165, 1.54) is 47.7 Å². The van der Waals surface area contributed by atoms with Gasteiger partial charge in [0.25, 0.3) is 0 Å². The topological polar surface area (TPSA) is 58.9 Å². The van der Waals surface area contributed by atoms with Crippen molar-refractivity contribution in [3.8, 4) is 0 Å². The molecule has 2 saturated heterocycles. The van der Waals surface area contributed by atoms with Crippen LogP contribution in [0.25, 0.3) is 5.65 Å². The molecule has 0 bridgehead atoms. The van der Waals surface area contributed by atoms with Gasteiger partial charge in [-0.3, -0.25) is 0 Å². The van der Waals surface area contributed by atoms with Crippen molar-refractivity contribution in [2.75, 3.05) is 24.6 Å². The normalized spacial score (nSPS) is 26.2. The molecule has 6 rings (SSSR count). The molecular weight excluding hydrogens is 499 g/mol. The van der Waals surface area contributed by atoms with Crippen molar-refractivity contribution in [3.63, 3.8) is 0 Å². The van der Waals surface area contributed by atoms with E-state index in [9.17, 15) is 4.79 Å². The first-order chi connectivity index (χ1) is 15.9. The number of hydrogen-bond acceptors (Lipinski definition) is 6. The van der Waals surface area contributed by atoms with E-state index >= 15 is 0 Å². The molecule has 2 aromatic rings. The number of carbonyl (C=O) groups is 1. The van der Waals surface area contributed by atoms with Crippen LogP contribution in [0.1, 0.15) is 69.7 Å². The van der Waals surface area contributed by atoms with E-state index in [1.54, 1.807) is 11.9 Å². The van der Waals surface area contributed by atoms with Crippen LogP contribution in [0.2, 0.25) is 5.82 Å². The van der Waals surface area contributed by atoms with E-state index in [4.69, 9.17) is 9.72 Å². The molecule has 0 aromatic carbocycles. The van der Waals surface area contributed by atoms with E-state index in [2.05, 4.69) is 44.0 Å². The Kier molecular flexibility index (Phi) is 5.54. The first kappa shape index (κ1) is 22.3. The van der Waals surface area contributed by atoms with Gasteiger partial charge in [0.05, 0.1) is 0 Å².